The fourth-order valence-electron chi connectivity index (χ4n) is 2.08. The van der Waals surface area contributed by atoms with E-state index >= 15 is 0 Å². The highest BCUT2D eigenvalue weighted by molar-refractivity contribution is 5.27. The Morgan fingerprint density at radius 1 is 1.33 bits per heavy atom. The van der Waals surface area contributed by atoms with Crippen LogP contribution in [-0.2, 0) is 4.74 Å². The Morgan fingerprint density at radius 3 is 2.61 bits per heavy atom. The molecule has 1 aromatic rings. The monoisotopic (exact) mass is 253 g/mol. The van der Waals surface area contributed by atoms with E-state index in [1.165, 1.54) is 6.07 Å². The number of nitrogens with one attached hydrogen (secondary N) is 1. The van der Waals surface area contributed by atoms with Crippen molar-refractivity contribution in [3.63, 3.8) is 0 Å². The highest BCUT2D eigenvalue weighted by atomic mass is 19.1. The second-order valence-corrected chi connectivity index (χ2v) is 4.60. The van der Waals surface area contributed by atoms with Crippen molar-refractivity contribution in [1.82, 2.24) is 5.32 Å². The third-order valence-corrected chi connectivity index (χ3v) is 3.05. The number of rotatable bonds is 7. The van der Waals surface area contributed by atoms with Crippen LogP contribution in [0.3, 0.4) is 0 Å². The van der Waals surface area contributed by atoms with Gasteiger partial charge >= 0.3 is 0 Å². The lowest BCUT2D eigenvalue weighted by molar-refractivity contribution is 0.0472. The number of hydrogen-bond acceptors (Lipinski definition) is 2. The summed E-state index contributed by atoms with van der Waals surface area (Å²) in [5.41, 5.74) is 1.77. The van der Waals surface area contributed by atoms with Crippen LogP contribution in [0.15, 0.2) is 18.2 Å². The van der Waals surface area contributed by atoms with Gasteiger partial charge in [-0.1, -0.05) is 19.1 Å². The zero-order valence-electron chi connectivity index (χ0n) is 11.8. The second kappa shape index (κ2) is 7.49. The molecule has 0 aromatic heterocycles. The standard InChI is InChI=1S/C15H24FNO/c1-5-9-17-15(12(4)18-6-2)13-7-8-14(16)11(3)10-13/h7-8,10,12,15,17H,5-6,9H2,1-4H3. The van der Waals surface area contributed by atoms with Gasteiger partial charge < -0.3 is 10.1 Å². The van der Waals surface area contributed by atoms with Gasteiger partial charge in [-0.25, -0.2) is 4.39 Å². The molecule has 0 heterocycles. The molecule has 18 heavy (non-hydrogen) atoms. The molecule has 2 nitrogen and oxygen atoms in total. The second-order valence-electron chi connectivity index (χ2n) is 4.60. The first-order chi connectivity index (χ1) is 8.60. The molecule has 1 N–H and O–H groups in total. The summed E-state index contributed by atoms with van der Waals surface area (Å²) in [7, 11) is 0. The number of aryl methyl sites for hydroxylation is 1. The van der Waals surface area contributed by atoms with Gasteiger partial charge in [0.2, 0.25) is 0 Å². The van der Waals surface area contributed by atoms with Gasteiger partial charge in [0.15, 0.2) is 0 Å². The summed E-state index contributed by atoms with van der Waals surface area (Å²) in [4.78, 5) is 0. The molecule has 2 unspecified atom stereocenters. The highest BCUT2D eigenvalue weighted by Gasteiger charge is 2.19. The van der Waals surface area contributed by atoms with Crippen molar-refractivity contribution in [3.8, 4) is 0 Å². The van der Waals surface area contributed by atoms with Gasteiger partial charge in [-0.2, -0.15) is 0 Å². The topological polar surface area (TPSA) is 21.3 Å². The largest absolute Gasteiger partial charge is 0.377 e. The van der Waals surface area contributed by atoms with Gasteiger partial charge in [-0.3, -0.25) is 0 Å². The minimum atomic E-state index is -0.156. The quantitative estimate of drug-likeness (QED) is 0.801. The Hall–Kier alpha value is -0.930. The molecule has 102 valence electrons. The molecule has 0 aliphatic heterocycles. The SMILES string of the molecule is CCCNC(c1ccc(F)c(C)c1)C(C)OCC. The Bertz CT molecular complexity index is 368. The summed E-state index contributed by atoms with van der Waals surface area (Å²) in [5.74, 6) is -0.156. The average Bonchev–Trinajstić information content (AvgIpc) is 2.34. The van der Waals surface area contributed by atoms with Gasteiger partial charge in [0.05, 0.1) is 12.1 Å². The molecule has 2 atom stereocenters. The van der Waals surface area contributed by atoms with Crippen molar-refractivity contribution in [2.45, 2.75) is 46.3 Å². The Labute approximate surface area is 110 Å². The third kappa shape index (κ3) is 4.07. The van der Waals surface area contributed by atoms with Crippen molar-refractivity contribution in [2.75, 3.05) is 13.2 Å². The van der Waals surface area contributed by atoms with Gasteiger partial charge in [-0.15, -0.1) is 0 Å². The molecule has 0 amide bonds. The number of hydrogen-bond donors (Lipinski definition) is 1. The maximum atomic E-state index is 13.3. The Balaban J connectivity index is 2.89. The fraction of sp³-hybridized carbons (Fsp3) is 0.600. The lowest BCUT2D eigenvalue weighted by Crippen LogP contribution is -2.32. The van der Waals surface area contributed by atoms with E-state index in [4.69, 9.17) is 4.74 Å². The van der Waals surface area contributed by atoms with Crippen LogP contribution in [0.4, 0.5) is 4.39 Å². The molecule has 0 radical (unpaired) electrons. The van der Waals surface area contributed by atoms with Crippen LogP contribution in [0, 0.1) is 12.7 Å². The first-order valence-electron chi connectivity index (χ1n) is 6.71. The van der Waals surface area contributed by atoms with E-state index in [-0.39, 0.29) is 18.0 Å². The van der Waals surface area contributed by atoms with E-state index in [9.17, 15) is 4.39 Å². The highest BCUT2D eigenvalue weighted by Crippen LogP contribution is 2.21. The summed E-state index contributed by atoms with van der Waals surface area (Å²) < 4.78 is 19.0. The van der Waals surface area contributed by atoms with E-state index in [1.807, 2.05) is 19.1 Å². The molecule has 0 aliphatic rings. The van der Waals surface area contributed by atoms with Gasteiger partial charge in [0, 0.05) is 6.61 Å². The van der Waals surface area contributed by atoms with Crippen molar-refractivity contribution in [2.24, 2.45) is 0 Å². The maximum absolute atomic E-state index is 13.3. The Kier molecular flexibility index (Phi) is 6.30. The molecule has 0 saturated carbocycles. The van der Waals surface area contributed by atoms with Gasteiger partial charge in [-0.05, 0) is 50.9 Å². The van der Waals surface area contributed by atoms with Gasteiger partial charge in [0.1, 0.15) is 5.82 Å². The van der Waals surface area contributed by atoms with E-state index in [2.05, 4.69) is 19.2 Å². The van der Waals surface area contributed by atoms with Crippen LogP contribution in [-0.4, -0.2) is 19.3 Å². The molecular formula is C15H24FNO. The van der Waals surface area contributed by atoms with E-state index < -0.39 is 0 Å². The average molecular weight is 253 g/mol. The van der Waals surface area contributed by atoms with E-state index in [0.717, 1.165) is 18.5 Å². The maximum Gasteiger partial charge on any atom is 0.126 e. The summed E-state index contributed by atoms with van der Waals surface area (Å²) in [6.07, 6.45) is 1.14. The predicted octanol–water partition coefficient (Wildman–Crippen LogP) is 3.60. The van der Waals surface area contributed by atoms with E-state index in [0.29, 0.717) is 12.2 Å². The van der Waals surface area contributed by atoms with Crippen LogP contribution in [0.2, 0.25) is 0 Å². The van der Waals surface area contributed by atoms with Crippen molar-refractivity contribution < 1.29 is 9.13 Å². The van der Waals surface area contributed by atoms with Crippen LogP contribution in [0.5, 0.6) is 0 Å². The normalized spacial score (nSPS) is 14.5. The van der Waals surface area contributed by atoms with Crippen LogP contribution in [0.25, 0.3) is 0 Å². The molecule has 3 heteroatoms. The first kappa shape index (κ1) is 15.1. The zero-order chi connectivity index (χ0) is 13.5. The molecule has 0 bridgehead atoms. The van der Waals surface area contributed by atoms with E-state index in [1.54, 1.807) is 6.92 Å². The van der Waals surface area contributed by atoms with Crippen LogP contribution >= 0.6 is 0 Å². The summed E-state index contributed by atoms with van der Waals surface area (Å²) in [6.45, 7) is 9.58. The molecule has 0 fully saturated rings. The predicted molar refractivity (Wildman–Crippen MR) is 73.3 cm³/mol. The lowest BCUT2D eigenvalue weighted by Gasteiger charge is -2.26. The van der Waals surface area contributed by atoms with Crippen molar-refractivity contribution in [1.29, 1.82) is 0 Å². The number of halogens is 1. The zero-order valence-corrected chi connectivity index (χ0v) is 11.8. The molecule has 1 aromatic carbocycles. The lowest BCUT2D eigenvalue weighted by atomic mass is 10.00. The first-order valence-corrected chi connectivity index (χ1v) is 6.71. The van der Waals surface area contributed by atoms with Crippen LogP contribution in [0.1, 0.15) is 44.4 Å². The summed E-state index contributed by atoms with van der Waals surface area (Å²) in [5, 5.41) is 3.47. The number of ether oxygens (including phenoxy) is 1. The Morgan fingerprint density at radius 2 is 2.06 bits per heavy atom. The fourth-order valence-corrected chi connectivity index (χ4v) is 2.08. The molecule has 0 aliphatic carbocycles. The molecule has 0 saturated heterocycles. The summed E-state index contributed by atoms with van der Waals surface area (Å²) in [6, 6.07) is 5.39. The number of benzene rings is 1. The molecule has 1 rings (SSSR count). The molecular weight excluding hydrogens is 229 g/mol. The molecule has 0 spiro atoms. The summed E-state index contributed by atoms with van der Waals surface area (Å²) >= 11 is 0. The van der Waals surface area contributed by atoms with Crippen molar-refractivity contribution in [3.05, 3.63) is 35.1 Å². The smallest absolute Gasteiger partial charge is 0.126 e. The van der Waals surface area contributed by atoms with Crippen molar-refractivity contribution >= 4 is 0 Å². The minimum absolute atomic E-state index is 0.0754. The van der Waals surface area contributed by atoms with Crippen LogP contribution < -0.4 is 5.32 Å². The third-order valence-electron chi connectivity index (χ3n) is 3.05. The van der Waals surface area contributed by atoms with Gasteiger partial charge in [0.25, 0.3) is 0 Å². The minimum Gasteiger partial charge on any atom is -0.377 e.